The van der Waals surface area contributed by atoms with Gasteiger partial charge in [-0.25, -0.2) is 4.79 Å². The second-order valence-corrected chi connectivity index (χ2v) is 6.15. The number of rotatable bonds is 5. The van der Waals surface area contributed by atoms with Crippen LogP contribution in [0.1, 0.15) is 18.9 Å². The fourth-order valence-electron chi connectivity index (χ4n) is 2.76. The zero-order chi connectivity index (χ0) is 16.8. The van der Waals surface area contributed by atoms with Crippen molar-refractivity contribution in [2.24, 2.45) is 11.7 Å². The van der Waals surface area contributed by atoms with E-state index in [0.29, 0.717) is 19.6 Å². The average Bonchev–Trinajstić information content (AvgIpc) is 3.01. The van der Waals surface area contributed by atoms with E-state index in [-0.39, 0.29) is 24.5 Å². The van der Waals surface area contributed by atoms with E-state index in [1.165, 1.54) is 0 Å². The van der Waals surface area contributed by atoms with Crippen LogP contribution >= 0.6 is 0 Å². The molecule has 0 saturated carbocycles. The van der Waals surface area contributed by atoms with Crippen LogP contribution < -0.4 is 5.73 Å². The molecule has 1 aliphatic heterocycles. The number of carbonyl (C=O) groups is 2. The lowest BCUT2D eigenvalue weighted by atomic mass is 10.1. The lowest BCUT2D eigenvalue weighted by Gasteiger charge is -2.22. The largest absolute Gasteiger partial charge is 0.445 e. The number of nitrogens with zero attached hydrogens (tertiary/aromatic N) is 2. The van der Waals surface area contributed by atoms with Crippen LogP contribution in [0.5, 0.6) is 0 Å². The van der Waals surface area contributed by atoms with Crippen LogP contribution in [0.2, 0.25) is 0 Å². The van der Waals surface area contributed by atoms with Gasteiger partial charge in [-0.3, -0.25) is 4.79 Å². The number of benzene rings is 1. The van der Waals surface area contributed by atoms with Crippen LogP contribution in [0, 0.1) is 5.92 Å². The number of carbonyl (C=O) groups excluding carboxylic acids is 2. The molecule has 1 saturated heterocycles. The van der Waals surface area contributed by atoms with Gasteiger partial charge in [-0.2, -0.15) is 0 Å². The van der Waals surface area contributed by atoms with Crippen molar-refractivity contribution in [3.8, 4) is 0 Å². The third-order valence-corrected chi connectivity index (χ3v) is 4.04. The molecule has 0 radical (unpaired) electrons. The lowest BCUT2D eigenvalue weighted by molar-refractivity contribution is -0.131. The summed E-state index contributed by atoms with van der Waals surface area (Å²) >= 11 is 0. The van der Waals surface area contributed by atoms with Gasteiger partial charge < -0.3 is 20.3 Å². The first-order valence-electron chi connectivity index (χ1n) is 7.93. The molecule has 2 N–H and O–H groups in total. The van der Waals surface area contributed by atoms with Crippen LogP contribution in [0.25, 0.3) is 0 Å². The molecule has 1 aromatic rings. The molecule has 6 heteroatoms. The van der Waals surface area contributed by atoms with Gasteiger partial charge in [-0.05, 0) is 24.8 Å². The van der Waals surface area contributed by atoms with Crippen molar-refractivity contribution >= 4 is 12.0 Å². The Labute approximate surface area is 137 Å². The minimum Gasteiger partial charge on any atom is -0.445 e. The molecular formula is C17H25N3O3. The molecule has 6 nitrogen and oxygen atoms in total. The Morgan fingerprint density at radius 3 is 2.74 bits per heavy atom. The summed E-state index contributed by atoms with van der Waals surface area (Å²) in [6.07, 6.45) is 0.542. The first kappa shape index (κ1) is 17.3. The Balaban J connectivity index is 1.75. The van der Waals surface area contributed by atoms with Crippen LogP contribution in [-0.4, -0.2) is 54.5 Å². The quantitative estimate of drug-likeness (QED) is 0.891. The first-order valence-corrected chi connectivity index (χ1v) is 7.93. The highest BCUT2D eigenvalue weighted by Crippen LogP contribution is 2.18. The molecule has 1 fully saturated rings. The number of hydrogen-bond acceptors (Lipinski definition) is 4. The Morgan fingerprint density at radius 1 is 1.39 bits per heavy atom. The van der Waals surface area contributed by atoms with Gasteiger partial charge in [0, 0.05) is 26.7 Å². The van der Waals surface area contributed by atoms with Crippen molar-refractivity contribution in [2.75, 3.05) is 26.7 Å². The summed E-state index contributed by atoms with van der Waals surface area (Å²) in [5, 5.41) is 0. The van der Waals surface area contributed by atoms with Crippen molar-refractivity contribution in [2.45, 2.75) is 26.0 Å². The maximum absolute atomic E-state index is 12.0. The highest BCUT2D eigenvalue weighted by atomic mass is 16.6. The van der Waals surface area contributed by atoms with Gasteiger partial charge in [0.05, 0.1) is 6.04 Å². The predicted octanol–water partition coefficient (Wildman–Crippen LogP) is 1.45. The molecule has 2 rings (SSSR count). The predicted molar refractivity (Wildman–Crippen MR) is 87.6 cm³/mol. The van der Waals surface area contributed by atoms with Crippen molar-refractivity contribution in [3.05, 3.63) is 35.9 Å². The second-order valence-electron chi connectivity index (χ2n) is 6.15. The number of nitrogens with two attached hydrogens (primary N) is 1. The van der Waals surface area contributed by atoms with Gasteiger partial charge in [-0.1, -0.05) is 30.3 Å². The number of hydrogen-bond donors (Lipinski definition) is 1. The molecule has 2 amide bonds. The van der Waals surface area contributed by atoms with Gasteiger partial charge in [0.1, 0.15) is 6.61 Å². The zero-order valence-corrected chi connectivity index (χ0v) is 13.8. The molecule has 23 heavy (non-hydrogen) atoms. The van der Waals surface area contributed by atoms with E-state index >= 15 is 0 Å². The Morgan fingerprint density at radius 2 is 2.09 bits per heavy atom. The lowest BCUT2D eigenvalue weighted by Crippen LogP contribution is -2.41. The monoisotopic (exact) mass is 319 g/mol. The smallest absolute Gasteiger partial charge is 0.409 e. The van der Waals surface area contributed by atoms with Crippen molar-refractivity contribution in [3.63, 3.8) is 0 Å². The van der Waals surface area contributed by atoms with E-state index in [4.69, 9.17) is 10.5 Å². The zero-order valence-electron chi connectivity index (χ0n) is 13.8. The molecule has 0 aromatic heterocycles. The van der Waals surface area contributed by atoms with E-state index in [1.807, 2.05) is 30.3 Å². The Kier molecular flexibility index (Phi) is 5.98. The first-order chi connectivity index (χ1) is 11.0. The van der Waals surface area contributed by atoms with Gasteiger partial charge in [0.25, 0.3) is 0 Å². The molecule has 0 bridgehead atoms. The van der Waals surface area contributed by atoms with Gasteiger partial charge >= 0.3 is 6.09 Å². The van der Waals surface area contributed by atoms with Crippen LogP contribution in [-0.2, 0) is 16.1 Å². The third-order valence-electron chi connectivity index (χ3n) is 4.04. The van der Waals surface area contributed by atoms with Crippen molar-refractivity contribution < 1.29 is 14.3 Å². The molecule has 0 spiro atoms. The van der Waals surface area contributed by atoms with Gasteiger partial charge in [0.15, 0.2) is 0 Å². The van der Waals surface area contributed by atoms with E-state index in [0.717, 1.165) is 12.0 Å². The summed E-state index contributed by atoms with van der Waals surface area (Å²) in [4.78, 5) is 27.2. The Bertz CT molecular complexity index is 533. The van der Waals surface area contributed by atoms with Gasteiger partial charge in [0.2, 0.25) is 5.91 Å². The van der Waals surface area contributed by atoms with Gasteiger partial charge in [-0.15, -0.1) is 0 Å². The summed E-state index contributed by atoms with van der Waals surface area (Å²) in [6.45, 7) is 3.90. The second kappa shape index (κ2) is 7.97. The molecular weight excluding hydrogens is 294 g/mol. The minimum atomic E-state index is -0.470. The molecule has 1 aromatic carbocycles. The third kappa shape index (κ3) is 4.96. The maximum atomic E-state index is 12.0. The molecule has 0 unspecified atom stereocenters. The number of ether oxygens (including phenoxy) is 1. The Hall–Kier alpha value is -2.08. The van der Waals surface area contributed by atoms with Crippen molar-refractivity contribution in [1.82, 2.24) is 9.80 Å². The molecule has 1 heterocycles. The van der Waals surface area contributed by atoms with Crippen molar-refractivity contribution in [1.29, 1.82) is 0 Å². The maximum Gasteiger partial charge on any atom is 0.409 e. The number of amides is 2. The normalized spacial score (nSPS) is 18.6. The molecule has 126 valence electrons. The molecule has 1 aliphatic rings. The van der Waals surface area contributed by atoms with Crippen LogP contribution in [0.3, 0.4) is 0 Å². The minimum absolute atomic E-state index is 0.0261. The van der Waals surface area contributed by atoms with E-state index in [9.17, 15) is 9.59 Å². The summed E-state index contributed by atoms with van der Waals surface area (Å²) in [6, 6.07) is 9.11. The fourth-order valence-corrected chi connectivity index (χ4v) is 2.76. The molecule has 2 atom stereocenters. The van der Waals surface area contributed by atoms with E-state index < -0.39 is 6.04 Å². The highest BCUT2D eigenvalue weighted by Gasteiger charge is 2.29. The van der Waals surface area contributed by atoms with E-state index in [1.54, 1.807) is 23.8 Å². The summed E-state index contributed by atoms with van der Waals surface area (Å²) in [5.74, 6) is 0.244. The summed E-state index contributed by atoms with van der Waals surface area (Å²) < 4.78 is 5.30. The van der Waals surface area contributed by atoms with Crippen LogP contribution in [0.15, 0.2) is 30.3 Å². The topological polar surface area (TPSA) is 75.9 Å². The fraction of sp³-hybridized carbons (Fsp3) is 0.529. The average molecular weight is 319 g/mol. The number of likely N-dealkylation sites (tertiary alicyclic amines) is 1. The SMILES string of the molecule is C[C@H](N)C(=O)N1CC[C@@H](CN(C)C(=O)OCc2ccccc2)C1. The summed E-state index contributed by atoms with van der Waals surface area (Å²) in [5.41, 5.74) is 6.59. The standard InChI is InChI=1S/C17H25N3O3/c1-13(18)16(21)20-9-8-15(11-20)10-19(2)17(22)23-12-14-6-4-3-5-7-14/h3-7,13,15H,8-12,18H2,1-2H3/t13-,15-/m0/s1. The van der Waals surface area contributed by atoms with Crippen LogP contribution in [0.4, 0.5) is 4.79 Å². The highest BCUT2D eigenvalue weighted by molar-refractivity contribution is 5.81. The molecule has 0 aliphatic carbocycles. The summed E-state index contributed by atoms with van der Waals surface area (Å²) in [7, 11) is 1.73. The van der Waals surface area contributed by atoms with E-state index in [2.05, 4.69) is 0 Å².